The smallest absolute Gasteiger partial charge is 0.0500 e. The largest absolute Gasteiger partial charge is 0.140 e. The van der Waals surface area contributed by atoms with E-state index in [0.717, 1.165) is 0 Å². The van der Waals surface area contributed by atoms with Crippen molar-refractivity contribution in [3.8, 4) is 20.9 Å². The highest BCUT2D eigenvalue weighted by molar-refractivity contribution is 7.30. The zero-order valence-corrected chi connectivity index (χ0v) is 21.1. The van der Waals surface area contributed by atoms with Crippen molar-refractivity contribution in [1.82, 2.24) is 0 Å². The van der Waals surface area contributed by atoms with E-state index in [1.165, 1.54) is 67.5 Å². The highest BCUT2D eigenvalue weighted by atomic mass is 32.1. The number of rotatable bonds is 0. The van der Waals surface area contributed by atoms with Crippen LogP contribution >= 0.6 is 34.0 Å². The molecule has 0 radical (unpaired) electrons. The fraction of sp³-hybridized carbons (Fsp3) is 0.286. The maximum Gasteiger partial charge on any atom is 0.0500 e. The monoisotopic (exact) mass is 456 g/mol. The van der Waals surface area contributed by atoms with Gasteiger partial charge in [-0.3, -0.25) is 0 Å². The van der Waals surface area contributed by atoms with Crippen molar-refractivity contribution in [2.75, 3.05) is 0 Å². The molecule has 3 aromatic heterocycles. The van der Waals surface area contributed by atoms with Gasteiger partial charge in [-0.25, -0.2) is 0 Å². The van der Waals surface area contributed by atoms with Gasteiger partial charge in [0.1, 0.15) is 0 Å². The third kappa shape index (κ3) is 2.07. The van der Waals surface area contributed by atoms with Gasteiger partial charge >= 0.3 is 0 Å². The molecule has 0 nitrogen and oxygen atoms in total. The minimum Gasteiger partial charge on any atom is -0.140 e. The summed E-state index contributed by atoms with van der Waals surface area (Å²) in [5.74, 6) is 0. The first-order valence-electron chi connectivity index (χ1n) is 11.0. The number of thiophene rings is 3. The molecule has 3 heteroatoms. The molecular formula is C28H24S3. The minimum atomic E-state index is 0.00478. The molecule has 31 heavy (non-hydrogen) atoms. The van der Waals surface area contributed by atoms with Crippen molar-refractivity contribution in [3.63, 3.8) is 0 Å². The summed E-state index contributed by atoms with van der Waals surface area (Å²) >= 11 is 5.93. The van der Waals surface area contributed by atoms with Crippen LogP contribution in [0.1, 0.15) is 59.7 Å². The Kier molecular flexibility index (Phi) is 3.31. The molecule has 2 aliphatic rings. The molecule has 2 aromatic carbocycles. The average Bonchev–Trinajstić information content (AvgIpc) is 3.36. The number of aryl methyl sites for hydroxylation is 2. The Morgan fingerprint density at radius 1 is 0.613 bits per heavy atom. The molecule has 154 valence electrons. The van der Waals surface area contributed by atoms with Gasteiger partial charge in [0.25, 0.3) is 0 Å². The number of benzene rings is 2. The molecule has 2 aliphatic carbocycles. The summed E-state index contributed by atoms with van der Waals surface area (Å²) in [5, 5.41) is 3.00. The van der Waals surface area contributed by atoms with Gasteiger partial charge in [-0.2, -0.15) is 0 Å². The minimum absolute atomic E-state index is 0.00478. The molecule has 0 fully saturated rings. The number of hydrogen-bond donors (Lipinski definition) is 0. The maximum atomic E-state index is 2.44. The second-order valence-electron chi connectivity index (χ2n) is 10.3. The third-order valence-electron chi connectivity index (χ3n) is 7.64. The quantitative estimate of drug-likeness (QED) is 0.218. The van der Waals surface area contributed by atoms with Crippen molar-refractivity contribution in [1.29, 1.82) is 0 Å². The highest BCUT2D eigenvalue weighted by Gasteiger charge is 2.41. The lowest BCUT2D eigenvalue weighted by Gasteiger charge is -2.38. The van der Waals surface area contributed by atoms with E-state index in [1.807, 2.05) is 34.0 Å². The van der Waals surface area contributed by atoms with Crippen LogP contribution in [-0.4, -0.2) is 0 Å². The van der Waals surface area contributed by atoms with Crippen LogP contribution in [0.15, 0.2) is 36.4 Å². The fourth-order valence-corrected chi connectivity index (χ4v) is 10.2. The predicted octanol–water partition coefficient (Wildman–Crippen LogP) is 9.41. The van der Waals surface area contributed by atoms with Gasteiger partial charge in [0, 0.05) is 46.2 Å². The Labute approximate surface area is 195 Å². The van der Waals surface area contributed by atoms with E-state index in [-0.39, 0.29) is 10.8 Å². The summed E-state index contributed by atoms with van der Waals surface area (Å²) < 4.78 is 2.95. The summed E-state index contributed by atoms with van der Waals surface area (Å²) in [6, 6.07) is 14.5. The van der Waals surface area contributed by atoms with Gasteiger partial charge < -0.3 is 0 Å². The Morgan fingerprint density at radius 3 is 1.94 bits per heavy atom. The predicted molar refractivity (Wildman–Crippen MR) is 140 cm³/mol. The van der Waals surface area contributed by atoms with E-state index >= 15 is 0 Å². The molecule has 0 bridgehead atoms. The van der Waals surface area contributed by atoms with Crippen molar-refractivity contribution < 1.29 is 0 Å². The van der Waals surface area contributed by atoms with E-state index in [0.29, 0.717) is 0 Å². The average molecular weight is 457 g/mol. The van der Waals surface area contributed by atoms with E-state index in [1.54, 1.807) is 5.56 Å². The van der Waals surface area contributed by atoms with Crippen LogP contribution in [-0.2, 0) is 10.8 Å². The number of hydrogen-bond acceptors (Lipinski definition) is 3. The molecule has 0 saturated heterocycles. The second kappa shape index (κ2) is 5.51. The first-order chi connectivity index (χ1) is 14.7. The van der Waals surface area contributed by atoms with Crippen LogP contribution in [0.5, 0.6) is 0 Å². The van der Waals surface area contributed by atoms with Crippen molar-refractivity contribution in [3.05, 3.63) is 68.4 Å². The first kappa shape index (κ1) is 18.6. The molecule has 0 saturated carbocycles. The zero-order valence-electron chi connectivity index (χ0n) is 18.7. The van der Waals surface area contributed by atoms with E-state index in [4.69, 9.17) is 0 Å². The molecule has 3 heterocycles. The normalized spacial score (nSPS) is 17.2. The summed E-state index contributed by atoms with van der Waals surface area (Å²) in [6.45, 7) is 14.2. The summed E-state index contributed by atoms with van der Waals surface area (Å²) in [6.07, 6.45) is 0. The lowest BCUT2D eigenvalue weighted by Crippen LogP contribution is -2.26. The van der Waals surface area contributed by atoms with E-state index in [2.05, 4.69) is 77.9 Å². The molecule has 7 rings (SSSR count). The van der Waals surface area contributed by atoms with Crippen molar-refractivity contribution >= 4 is 54.2 Å². The molecule has 0 N–H and O–H groups in total. The molecule has 0 aliphatic heterocycles. The van der Waals surface area contributed by atoms with Crippen molar-refractivity contribution in [2.24, 2.45) is 0 Å². The fourth-order valence-electron chi connectivity index (χ4n) is 6.14. The molecular weight excluding hydrogens is 433 g/mol. The molecule has 5 aromatic rings. The molecule has 0 amide bonds. The lowest BCUT2D eigenvalue weighted by molar-refractivity contribution is 0.643. The van der Waals surface area contributed by atoms with Gasteiger partial charge in [0.05, 0.1) is 4.70 Å². The van der Waals surface area contributed by atoms with Crippen LogP contribution in [0.2, 0.25) is 0 Å². The molecule has 0 unspecified atom stereocenters. The second-order valence-corrected chi connectivity index (χ2v) is 13.8. The standard InChI is InChI=1S/C28H24S3/c1-13-11-19-24(29-13)15-7-10-18-22-16(8-9-17(21(15)22)27(19,3)4)25-23(28(18,5)6)26-20(31-25)12-14(2)30-26/h7-12H,1-6H3. The van der Waals surface area contributed by atoms with Gasteiger partial charge in [-0.1, -0.05) is 52.0 Å². The van der Waals surface area contributed by atoms with Crippen LogP contribution in [0.3, 0.4) is 0 Å². The Balaban J connectivity index is 1.70. The molecule has 0 atom stereocenters. The van der Waals surface area contributed by atoms with Gasteiger partial charge in [0.15, 0.2) is 0 Å². The van der Waals surface area contributed by atoms with Gasteiger partial charge in [-0.15, -0.1) is 34.0 Å². The Hall–Kier alpha value is -1.94. The third-order valence-corrected chi connectivity index (χ3v) is 11.1. The number of fused-ring (bicyclic) bond motifs is 6. The van der Waals surface area contributed by atoms with Crippen LogP contribution in [0.25, 0.3) is 41.1 Å². The van der Waals surface area contributed by atoms with Crippen LogP contribution in [0.4, 0.5) is 0 Å². The summed E-state index contributed by atoms with van der Waals surface area (Å²) in [7, 11) is 0. The Morgan fingerprint density at radius 2 is 1.23 bits per heavy atom. The SMILES string of the molecule is Cc1cc2c(s1)-c1ccc3c4c(ccc(c14)C2(C)C)-c1sc2cc(C)sc2c1C3(C)C. The Bertz CT molecular complexity index is 1600. The van der Waals surface area contributed by atoms with Crippen LogP contribution < -0.4 is 0 Å². The van der Waals surface area contributed by atoms with Gasteiger partial charge in [-0.05, 0) is 59.0 Å². The van der Waals surface area contributed by atoms with Gasteiger partial charge in [0.2, 0.25) is 0 Å². The van der Waals surface area contributed by atoms with E-state index in [9.17, 15) is 0 Å². The zero-order chi connectivity index (χ0) is 21.4. The maximum absolute atomic E-state index is 2.44. The topological polar surface area (TPSA) is 0 Å². The summed E-state index contributed by atoms with van der Waals surface area (Å²) in [5.41, 5.74) is 8.94. The summed E-state index contributed by atoms with van der Waals surface area (Å²) in [4.78, 5) is 5.80. The van der Waals surface area contributed by atoms with Crippen molar-refractivity contribution in [2.45, 2.75) is 52.4 Å². The highest BCUT2D eigenvalue weighted by Crippen LogP contribution is 2.60. The first-order valence-corrected chi connectivity index (χ1v) is 13.4. The lowest BCUT2D eigenvalue weighted by atomic mass is 9.65. The van der Waals surface area contributed by atoms with Crippen LogP contribution in [0, 0.1) is 13.8 Å². The van der Waals surface area contributed by atoms with E-state index < -0.39 is 0 Å². The molecule has 0 spiro atoms.